The van der Waals surface area contributed by atoms with Crippen LogP contribution in [0.15, 0.2) is 0 Å². The third kappa shape index (κ3) is 3.89. The molecule has 1 heterocycles. The van der Waals surface area contributed by atoms with Crippen molar-refractivity contribution in [1.82, 2.24) is 10.3 Å². The number of aromatic nitrogens is 1. The number of carbonyl (C=O) groups excluding carboxylic acids is 1. The SMILES string of the molecule is CCCCC(C)NC(=O)c1sc(NC)nc1N. The molecule has 1 rings (SSSR count). The molecule has 0 bridgehead atoms. The molecule has 1 amide bonds. The molecule has 0 aliphatic heterocycles. The molecule has 5 nitrogen and oxygen atoms in total. The van der Waals surface area contributed by atoms with Gasteiger partial charge in [-0.05, 0) is 13.3 Å². The standard InChI is InChI=1S/C11H20N4OS/c1-4-5-6-7(2)14-10(16)8-9(12)15-11(13-3)17-8/h7H,4-6,12H2,1-3H3,(H,13,15)(H,14,16). The van der Waals surface area contributed by atoms with Gasteiger partial charge < -0.3 is 16.4 Å². The molecular weight excluding hydrogens is 236 g/mol. The van der Waals surface area contributed by atoms with E-state index in [1.54, 1.807) is 7.05 Å². The van der Waals surface area contributed by atoms with E-state index in [-0.39, 0.29) is 11.9 Å². The maximum atomic E-state index is 11.9. The van der Waals surface area contributed by atoms with E-state index in [0.29, 0.717) is 15.8 Å². The van der Waals surface area contributed by atoms with Crippen LogP contribution in [-0.4, -0.2) is 24.0 Å². The molecule has 17 heavy (non-hydrogen) atoms. The number of hydrogen-bond donors (Lipinski definition) is 3. The van der Waals surface area contributed by atoms with Gasteiger partial charge in [0.05, 0.1) is 0 Å². The van der Waals surface area contributed by atoms with E-state index in [2.05, 4.69) is 22.5 Å². The zero-order valence-electron chi connectivity index (χ0n) is 10.5. The van der Waals surface area contributed by atoms with E-state index >= 15 is 0 Å². The van der Waals surface area contributed by atoms with E-state index in [9.17, 15) is 4.79 Å². The van der Waals surface area contributed by atoms with Gasteiger partial charge >= 0.3 is 0 Å². The lowest BCUT2D eigenvalue weighted by molar-refractivity contribution is 0.0943. The molecule has 0 saturated carbocycles. The van der Waals surface area contributed by atoms with Crippen molar-refractivity contribution in [3.05, 3.63) is 4.88 Å². The Bertz CT molecular complexity index is 378. The summed E-state index contributed by atoms with van der Waals surface area (Å²) in [5, 5.41) is 6.47. The van der Waals surface area contributed by atoms with Crippen LogP contribution >= 0.6 is 11.3 Å². The first-order chi connectivity index (χ1) is 8.08. The summed E-state index contributed by atoms with van der Waals surface area (Å²) in [5.41, 5.74) is 5.69. The van der Waals surface area contributed by atoms with Crippen LogP contribution in [-0.2, 0) is 0 Å². The van der Waals surface area contributed by atoms with Crippen LogP contribution in [0.5, 0.6) is 0 Å². The maximum Gasteiger partial charge on any atom is 0.265 e. The molecule has 1 unspecified atom stereocenters. The number of nitrogens with one attached hydrogen (secondary N) is 2. The minimum Gasteiger partial charge on any atom is -0.382 e. The number of hydrogen-bond acceptors (Lipinski definition) is 5. The van der Waals surface area contributed by atoms with Crippen LogP contribution in [0.2, 0.25) is 0 Å². The minimum atomic E-state index is -0.134. The quantitative estimate of drug-likeness (QED) is 0.728. The van der Waals surface area contributed by atoms with E-state index in [1.807, 2.05) is 6.92 Å². The summed E-state index contributed by atoms with van der Waals surface area (Å²) in [5.74, 6) is 0.157. The molecule has 0 aliphatic rings. The van der Waals surface area contributed by atoms with Gasteiger partial charge in [-0.3, -0.25) is 4.79 Å². The predicted octanol–water partition coefficient (Wildman–Crippen LogP) is 2.08. The van der Waals surface area contributed by atoms with Crippen LogP contribution in [0.1, 0.15) is 42.8 Å². The van der Waals surface area contributed by atoms with Gasteiger partial charge in [0.25, 0.3) is 5.91 Å². The number of nitrogens with two attached hydrogens (primary N) is 1. The van der Waals surface area contributed by atoms with Crippen LogP contribution < -0.4 is 16.4 Å². The summed E-state index contributed by atoms with van der Waals surface area (Å²) in [4.78, 5) is 16.4. The smallest absolute Gasteiger partial charge is 0.265 e. The zero-order chi connectivity index (χ0) is 12.8. The molecule has 6 heteroatoms. The first-order valence-electron chi connectivity index (χ1n) is 5.83. The van der Waals surface area contributed by atoms with E-state index in [1.165, 1.54) is 11.3 Å². The van der Waals surface area contributed by atoms with Gasteiger partial charge in [-0.1, -0.05) is 31.1 Å². The fourth-order valence-corrected chi connectivity index (χ4v) is 2.21. The number of nitrogens with zero attached hydrogens (tertiary/aromatic N) is 1. The average molecular weight is 256 g/mol. The van der Waals surface area contributed by atoms with Gasteiger partial charge in [0.2, 0.25) is 0 Å². The van der Waals surface area contributed by atoms with Crippen molar-refractivity contribution in [2.45, 2.75) is 39.2 Å². The first-order valence-corrected chi connectivity index (χ1v) is 6.65. The normalized spacial score (nSPS) is 12.2. The van der Waals surface area contributed by atoms with Gasteiger partial charge in [-0.2, -0.15) is 0 Å². The van der Waals surface area contributed by atoms with Gasteiger partial charge in [0.1, 0.15) is 10.7 Å². The van der Waals surface area contributed by atoms with Crippen molar-refractivity contribution in [3.63, 3.8) is 0 Å². The molecule has 4 N–H and O–H groups in total. The second-order valence-corrected chi connectivity index (χ2v) is 5.00. The van der Waals surface area contributed by atoms with Gasteiger partial charge in [-0.15, -0.1) is 0 Å². The Morgan fingerprint density at radius 2 is 2.29 bits per heavy atom. The van der Waals surface area contributed by atoms with E-state index in [0.717, 1.165) is 19.3 Å². The molecule has 96 valence electrons. The summed E-state index contributed by atoms with van der Waals surface area (Å²) < 4.78 is 0. The van der Waals surface area contributed by atoms with Crippen molar-refractivity contribution < 1.29 is 4.79 Å². The number of rotatable bonds is 6. The highest BCUT2D eigenvalue weighted by Crippen LogP contribution is 2.24. The van der Waals surface area contributed by atoms with Gasteiger partial charge in [0, 0.05) is 13.1 Å². The largest absolute Gasteiger partial charge is 0.382 e. The van der Waals surface area contributed by atoms with Crippen molar-refractivity contribution in [2.75, 3.05) is 18.1 Å². The lowest BCUT2D eigenvalue weighted by Crippen LogP contribution is -2.32. The summed E-state index contributed by atoms with van der Waals surface area (Å²) >= 11 is 1.27. The lowest BCUT2D eigenvalue weighted by atomic mass is 10.1. The van der Waals surface area contributed by atoms with E-state index in [4.69, 9.17) is 5.73 Å². The highest BCUT2D eigenvalue weighted by Gasteiger charge is 2.17. The van der Waals surface area contributed by atoms with E-state index < -0.39 is 0 Å². The maximum absolute atomic E-state index is 11.9. The average Bonchev–Trinajstić information content (AvgIpc) is 2.68. The number of thiazole rings is 1. The van der Waals surface area contributed by atoms with Crippen LogP contribution in [0.25, 0.3) is 0 Å². The second-order valence-electron chi connectivity index (χ2n) is 4.00. The highest BCUT2D eigenvalue weighted by molar-refractivity contribution is 7.18. The third-order valence-electron chi connectivity index (χ3n) is 2.44. The Morgan fingerprint density at radius 1 is 1.59 bits per heavy atom. The molecule has 0 fully saturated rings. The Hall–Kier alpha value is -1.30. The molecule has 0 aromatic carbocycles. The number of unbranched alkanes of at least 4 members (excludes halogenated alkanes) is 1. The van der Waals surface area contributed by atoms with Crippen molar-refractivity contribution in [3.8, 4) is 0 Å². The molecular formula is C11H20N4OS. The third-order valence-corrected chi connectivity index (χ3v) is 3.53. The predicted molar refractivity (Wildman–Crippen MR) is 72.5 cm³/mol. The highest BCUT2D eigenvalue weighted by atomic mass is 32.1. The molecule has 1 aromatic rings. The number of nitrogen functional groups attached to an aromatic ring is 1. The fourth-order valence-electron chi connectivity index (χ4n) is 1.47. The summed E-state index contributed by atoms with van der Waals surface area (Å²) in [6.07, 6.45) is 3.23. The molecule has 0 saturated heterocycles. The summed E-state index contributed by atoms with van der Waals surface area (Å²) in [6.45, 7) is 4.14. The minimum absolute atomic E-state index is 0.134. The van der Waals surface area contributed by atoms with Crippen LogP contribution in [0, 0.1) is 0 Å². The molecule has 1 atom stereocenters. The fraction of sp³-hybridized carbons (Fsp3) is 0.636. The molecule has 0 aliphatic carbocycles. The Kier molecular flexibility index (Phi) is 5.21. The van der Waals surface area contributed by atoms with Gasteiger partial charge in [-0.25, -0.2) is 4.98 Å². The zero-order valence-corrected chi connectivity index (χ0v) is 11.4. The molecule has 0 spiro atoms. The number of anilines is 2. The lowest BCUT2D eigenvalue weighted by Gasteiger charge is -2.12. The number of carbonyl (C=O) groups is 1. The van der Waals surface area contributed by atoms with Crippen LogP contribution in [0.3, 0.4) is 0 Å². The second kappa shape index (κ2) is 6.44. The Morgan fingerprint density at radius 3 is 2.82 bits per heavy atom. The van der Waals surface area contributed by atoms with Crippen molar-refractivity contribution in [2.24, 2.45) is 0 Å². The summed E-state index contributed by atoms with van der Waals surface area (Å²) in [6, 6.07) is 0.169. The monoisotopic (exact) mass is 256 g/mol. The van der Waals surface area contributed by atoms with Crippen molar-refractivity contribution >= 4 is 28.2 Å². The molecule has 1 aromatic heterocycles. The topological polar surface area (TPSA) is 80.0 Å². The Balaban J connectivity index is 2.59. The molecule has 0 radical (unpaired) electrons. The first kappa shape index (κ1) is 13.8. The van der Waals surface area contributed by atoms with Crippen LogP contribution in [0.4, 0.5) is 10.9 Å². The van der Waals surface area contributed by atoms with Gasteiger partial charge in [0.15, 0.2) is 5.13 Å². The number of amides is 1. The Labute approximate surface area is 106 Å². The summed E-state index contributed by atoms with van der Waals surface area (Å²) in [7, 11) is 1.75. The van der Waals surface area contributed by atoms with Crippen molar-refractivity contribution in [1.29, 1.82) is 0 Å².